The molecular formula is C9H19OP. The molecule has 0 unspecified atom stereocenters. The van der Waals surface area contributed by atoms with Crippen LogP contribution in [0.4, 0.5) is 0 Å². The Labute approximate surface area is 71.3 Å². The smallest absolute Gasteiger partial charge is 0.134 e. The van der Waals surface area contributed by atoms with E-state index in [-0.39, 0.29) is 7.92 Å². The first-order valence-corrected chi connectivity index (χ1v) is 5.86. The van der Waals surface area contributed by atoms with Gasteiger partial charge < -0.3 is 0 Å². The molecule has 0 saturated heterocycles. The molecule has 0 bridgehead atoms. The van der Waals surface area contributed by atoms with Crippen molar-refractivity contribution in [1.29, 1.82) is 0 Å². The van der Waals surface area contributed by atoms with Gasteiger partial charge in [-0.05, 0) is 18.2 Å². The number of Topliss-reactive ketones (excluding diaryl/α,β-unsaturated/α-hetero) is 1. The molecule has 0 atom stereocenters. The average molecular weight is 174 g/mol. The summed E-state index contributed by atoms with van der Waals surface area (Å²) < 4.78 is 0. The number of hydrogen-bond donors (Lipinski definition) is 0. The second-order valence-corrected chi connectivity index (χ2v) is 6.97. The minimum atomic E-state index is -0.0676. The van der Waals surface area contributed by atoms with Crippen molar-refractivity contribution in [2.45, 2.75) is 45.9 Å². The Morgan fingerprint density at radius 1 is 1.18 bits per heavy atom. The first-order valence-electron chi connectivity index (χ1n) is 4.20. The lowest BCUT2D eigenvalue weighted by molar-refractivity contribution is -0.114. The van der Waals surface area contributed by atoms with Crippen LogP contribution < -0.4 is 0 Å². The largest absolute Gasteiger partial charge is 0.300 e. The third-order valence-electron chi connectivity index (χ3n) is 1.73. The third kappa shape index (κ3) is 4.53. The van der Waals surface area contributed by atoms with Crippen LogP contribution in [0, 0.1) is 0 Å². The molecular weight excluding hydrogens is 155 g/mol. The van der Waals surface area contributed by atoms with E-state index in [1.165, 1.54) is 0 Å². The highest BCUT2D eigenvalue weighted by Gasteiger charge is 2.17. The van der Waals surface area contributed by atoms with Gasteiger partial charge in [-0.15, -0.1) is 0 Å². The standard InChI is InChI=1S/C9H19OP/c1-7(2)11(8(3)4)6-9(5)10/h7-8H,6H2,1-5H3. The predicted molar refractivity (Wildman–Crippen MR) is 52.7 cm³/mol. The molecule has 2 heteroatoms. The Morgan fingerprint density at radius 3 is 1.64 bits per heavy atom. The van der Waals surface area contributed by atoms with Crippen molar-refractivity contribution in [2.24, 2.45) is 0 Å². The van der Waals surface area contributed by atoms with Gasteiger partial charge in [0.2, 0.25) is 0 Å². The monoisotopic (exact) mass is 174 g/mol. The topological polar surface area (TPSA) is 17.1 Å². The van der Waals surface area contributed by atoms with Gasteiger partial charge in [0.05, 0.1) is 0 Å². The van der Waals surface area contributed by atoms with Crippen molar-refractivity contribution in [1.82, 2.24) is 0 Å². The Morgan fingerprint density at radius 2 is 1.55 bits per heavy atom. The highest BCUT2D eigenvalue weighted by Crippen LogP contribution is 2.45. The van der Waals surface area contributed by atoms with Gasteiger partial charge in [0.15, 0.2) is 0 Å². The summed E-state index contributed by atoms with van der Waals surface area (Å²) in [5.74, 6) is 0.346. The molecule has 0 spiro atoms. The van der Waals surface area contributed by atoms with E-state index in [9.17, 15) is 4.79 Å². The molecule has 11 heavy (non-hydrogen) atoms. The van der Waals surface area contributed by atoms with E-state index in [2.05, 4.69) is 27.7 Å². The number of carbonyl (C=O) groups is 1. The maximum atomic E-state index is 10.9. The molecule has 0 aliphatic heterocycles. The van der Waals surface area contributed by atoms with Crippen molar-refractivity contribution in [2.75, 3.05) is 6.16 Å². The summed E-state index contributed by atoms with van der Waals surface area (Å²) in [6.07, 6.45) is 0.810. The molecule has 0 aromatic rings. The van der Waals surface area contributed by atoms with Gasteiger partial charge in [0.25, 0.3) is 0 Å². The molecule has 0 heterocycles. The number of hydrogen-bond acceptors (Lipinski definition) is 1. The van der Waals surface area contributed by atoms with Gasteiger partial charge in [-0.25, -0.2) is 0 Å². The van der Waals surface area contributed by atoms with Gasteiger partial charge in [-0.2, -0.15) is 0 Å². The van der Waals surface area contributed by atoms with E-state index in [0.29, 0.717) is 17.1 Å². The lowest BCUT2D eigenvalue weighted by Gasteiger charge is -2.24. The lowest BCUT2D eigenvalue weighted by Crippen LogP contribution is -2.10. The Kier molecular flexibility index (Phi) is 4.92. The van der Waals surface area contributed by atoms with Crippen LogP contribution >= 0.6 is 7.92 Å². The van der Waals surface area contributed by atoms with E-state index in [0.717, 1.165) is 6.16 Å². The van der Waals surface area contributed by atoms with Crippen LogP contribution in [0.3, 0.4) is 0 Å². The molecule has 0 saturated carbocycles. The summed E-state index contributed by atoms with van der Waals surface area (Å²) in [7, 11) is -0.0676. The van der Waals surface area contributed by atoms with Crippen LogP contribution in [0.25, 0.3) is 0 Å². The van der Waals surface area contributed by atoms with E-state index in [1.807, 2.05) is 0 Å². The van der Waals surface area contributed by atoms with Crippen molar-refractivity contribution >= 4 is 13.7 Å². The molecule has 0 fully saturated rings. The first kappa shape index (κ1) is 11.1. The fourth-order valence-electron chi connectivity index (χ4n) is 1.22. The molecule has 0 radical (unpaired) electrons. The first-order chi connectivity index (χ1) is 4.95. The fraction of sp³-hybridized carbons (Fsp3) is 0.889. The van der Waals surface area contributed by atoms with E-state index in [1.54, 1.807) is 6.92 Å². The normalized spacial score (nSPS) is 11.6. The Bertz CT molecular complexity index is 122. The molecule has 1 nitrogen and oxygen atoms in total. The molecule has 0 amide bonds. The minimum Gasteiger partial charge on any atom is -0.300 e. The summed E-state index contributed by atoms with van der Waals surface area (Å²) >= 11 is 0. The Balaban J connectivity index is 4.00. The molecule has 0 aromatic carbocycles. The molecule has 0 N–H and O–H groups in total. The number of carbonyl (C=O) groups excluding carboxylic acids is 1. The minimum absolute atomic E-state index is 0.0676. The van der Waals surface area contributed by atoms with Crippen LogP contribution in [0.2, 0.25) is 0 Å². The zero-order chi connectivity index (χ0) is 9.02. The quantitative estimate of drug-likeness (QED) is 0.599. The maximum absolute atomic E-state index is 10.9. The van der Waals surface area contributed by atoms with Crippen LogP contribution in [0.1, 0.15) is 34.6 Å². The summed E-state index contributed by atoms with van der Waals surface area (Å²) in [6.45, 7) is 10.6. The third-order valence-corrected chi connectivity index (χ3v) is 5.20. The van der Waals surface area contributed by atoms with Gasteiger partial charge in [0.1, 0.15) is 5.78 Å². The van der Waals surface area contributed by atoms with Crippen molar-refractivity contribution in [3.05, 3.63) is 0 Å². The number of rotatable bonds is 4. The van der Waals surface area contributed by atoms with Crippen molar-refractivity contribution < 1.29 is 4.79 Å². The molecule has 0 rings (SSSR count). The van der Waals surface area contributed by atoms with Gasteiger partial charge >= 0.3 is 0 Å². The van der Waals surface area contributed by atoms with E-state index < -0.39 is 0 Å². The summed E-state index contributed by atoms with van der Waals surface area (Å²) in [5.41, 5.74) is 1.38. The average Bonchev–Trinajstić information content (AvgIpc) is 1.81. The van der Waals surface area contributed by atoms with Crippen molar-refractivity contribution in [3.8, 4) is 0 Å². The van der Waals surface area contributed by atoms with Gasteiger partial charge in [-0.1, -0.05) is 35.6 Å². The predicted octanol–water partition coefficient (Wildman–Crippen LogP) is 2.87. The SMILES string of the molecule is CC(=O)CP(C(C)C)C(C)C. The van der Waals surface area contributed by atoms with Gasteiger partial charge in [0, 0.05) is 6.16 Å². The summed E-state index contributed by atoms with van der Waals surface area (Å²) in [5, 5.41) is 0. The maximum Gasteiger partial charge on any atom is 0.134 e. The Hall–Kier alpha value is 0.100. The van der Waals surface area contributed by atoms with Gasteiger partial charge in [-0.3, -0.25) is 4.79 Å². The molecule has 0 aromatic heterocycles. The van der Waals surface area contributed by atoms with Crippen LogP contribution in [0.5, 0.6) is 0 Å². The zero-order valence-electron chi connectivity index (χ0n) is 8.22. The molecule has 0 aliphatic carbocycles. The fourth-order valence-corrected chi connectivity index (χ4v) is 3.66. The molecule has 0 aliphatic rings. The van der Waals surface area contributed by atoms with Crippen LogP contribution in [-0.2, 0) is 4.79 Å². The second kappa shape index (κ2) is 4.87. The zero-order valence-corrected chi connectivity index (χ0v) is 9.11. The van der Waals surface area contributed by atoms with E-state index in [4.69, 9.17) is 0 Å². The summed E-state index contributed by atoms with van der Waals surface area (Å²) in [6, 6.07) is 0. The second-order valence-electron chi connectivity index (χ2n) is 3.56. The number of ketones is 1. The van der Waals surface area contributed by atoms with Crippen molar-refractivity contribution in [3.63, 3.8) is 0 Å². The highest BCUT2D eigenvalue weighted by atomic mass is 31.1. The highest BCUT2D eigenvalue weighted by molar-refractivity contribution is 7.60. The molecule has 66 valence electrons. The summed E-state index contributed by atoms with van der Waals surface area (Å²) in [4.78, 5) is 10.9. The van der Waals surface area contributed by atoms with E-state index >= 15 is 0 Å². The van der Waals surface area contributed by atoms with Crippen LogP contribution in [-0.4, -0.2) is 23.3 Å². The lowest BCUT2D eigenvalue weighted by atomic mass is 10.5. The van der Waals surface area contributed by atoms with Crippen LogP contribution in [0.15, 0.2) is 0 Å².